The van der Waals surface area contributed by atoms with Gasteiger partial charge < -0.3 is 5.32 Å². The number of hydrogen-bond donors (Lipinski definition) is 1. The number of nitrogens with one attached hydrogen (secondary N) is 1. The van der Waals surface area contributed by atoms with E-state index < -0.39 is 0 Å². The highest BCUT2D eigenvalue weighted by Gasteiger charge is 2.08. The standard InChI is InChI=1S/C16H14BrNO2/c17-14-8-4-5-12(9-14)10-16(20)18-11-15(19)13-6-2-1-3-7-13/h1-9H,10-11H2,(H,18,20). The molecule has 20 heavy (non-hydrogen) atoms. The van der Waals surface area contributed by atoms with Crippen LogP contribution in [0.2, 0.25) is 0 Å². The minimum absolute atomic E-state index is 0.0247. The third kappa shape index (κ3) is 4.31. The Labute approximate surface area is 126 Å². The van der Waals surface area contributed by atoms with Gasteiger partial charge in [-0.25, -0.2) is 0 Å². The number of carbonyl (C=O) groups is 2. The first kappa shape index (κ1) is 14.5. The predicted molar refractivity (Wildman–Crippen MR) is 81.6 cm³/mol. The second kappa shape index (κ2) is 7.01. The molecule has 2 aromatic rings. The first-order chi connectivity index (χ1) is 9.65. The van der Waals surface area contributed by atoms with Crippen LogP contribution >= 0.6 is 15.9 Å². The monoisotopic (exact) mass is 331 g/mol. The van der Waals surface area contributed by atoms with Crippen LogP contribution < -0.4 is 5.32 Å². The molecule has 0 aliphatic heterocycles. The van der Waals surface area contributed by atoms with Gasteiger partial charge in [-0.05, 0) is 17.7 Å². The van der Waals surface area contributed by atoms with Crippen molar-refractivity contribution in [3.8, 4) is 0 Å². The lowest BCUT2D eigenvalue weighted by molar-refractivity contribution is -0.120. The summed E-state index contributed by atoms with van der Waals surface area (Å²) < 4.78 is 0.933. The molecular weight excluding hydrogens is 318 g/mol. The maximum Gasteiger partial charge on any atom is 0.224 e. The molecule has 1 amide bonds. The second-order valence-corrected chi connectivity index (χ2v) is 5.29. The molecule has 102 valence electrons. The molecule has 3 nitrogen and oxygen atoms in total. The number of halogens is 1. The van der Waals surface area contributed by atoms with Crippen LogP contribution in [0.5, 0.6) is 0 Å². The molecule has 0 unspecified atom stereocenters. The maximum atomic E-state index is 11.8. The Morgan fingerprint density at radius 1 is 1.00 bits per heavy atom. The molecule has 2 aromatic carbocycles. The number of rotatable bonds is 5. The van der Waals surface area contributed by atoms with E-state index in [2.05, 4.69) is 21.2 Å². The van der Waals surface area contributed by atoms with E-state index in [0.717, 1.165) is 10.0 Å². The maximum absolute atomic E-state index is 11.8. The number of amides is 1. The van der Waals surface area contributed by atoms with Gasteiger partial charge in [-0.2, -0.15) is 0 Å². The van der Waals surface area contributed by atoms with Crippen LogP contribution in [-0.2, 0) is 11.2 Å². The van der Waals surface area contributed by atoms with Gasteiger partial charge in [0.05, 0.1) is 13.0 Å². The third-order valence-electron chi connectivity index (χ3n) is 2.80. The van der Waals surface area contributed by atoms with Crippen molar-refractivity contribution in [2.45, 2.75) is 6.42 Å². The molecule has 0 bridgehead atoms. The lowest BCUT2D eigenvalue weighted by Gasteiger charge is -2.05. The van der Waals surface area contributed by atoms with Crippen molar-refractivity contribution in [2.75, 3.05) is 6.54 Å². The van der Waals surface area contributed by atoms with Crippen LogP contribution in [0.15, 0.2) is 59.1 Å². The molecule has 0 radical (unpaired) electrons. The van der Waals surface area contributed by atoms with Crippen molar-refractivity contribution in [1.29, 1.82) is 0 Å². The summed E-state index contributed by atoms with van der Waals surface area (Å²) in [5, 5.41) is 2.65. The van der Waals surface area contributed by atoms with Gasteiger partial charge in [0.2, 0.25) is 5.91 Å². The van der Waals surface area contributed by atoms with Crippen LogP contribution in [0.1, 0.15) is 15.9 Å². The predicted octanol–water partition coefficient (Wildman–Crippen LogP) is 2.99. The highest BCUT2D eigenvalue weighted by Crippen LogP contribution is 2.11. The van der Waals surface area contributed by atoms with E-state index in [4.69, 9.17) is 0 Å². The zero-order chi connectivity index (χ0) is 14.4. The summed E-state index contributed by atoms with van der Waals surface area (Å²) in [6, 6.07) is 16.5. The molecule has 2 rings (SSSR count). The van der Waals surface area contributed by atoms with E-state index in [1.807, 2.05) is 30.3 Å². The van der Waals surface area contributed by atoms with E-state index >= 15 is 0 Å². The van der Waals surface area contributed by atoms with Crippen LogP contribution in [0.4, 0.5) is 0 Å². The Bertz CT molecular complexity index is 611. The lowest BCUT2D eigenvalue weighted by Crippen LogP contribution is -2.30. The molecule has 0 aromatic heterocycles. The molecule has 0 saturated heterocycles. The van der Waals surface area contributed by atoms with Gasteiger partial charge in [0.15, 0.2) is 5.78 Å². The zero-order valence-electron chi connectivity index (χ0n) is 10.8. The molecule has 1 N–H and O–H groups in total. The van der Waals surface area contributed by atoms with Crippen LogP contribution in [-0.4, -0.2) is 18.2 Å². The van der Waals surface area contributed by atoms with Crippen molar-refractivity contribution in [1.82, 2.24) is 5.32 Å². The summed E-state index contributed by atoms with van der Waals surface area (Å²) in [6.07, 6.45) is 0.265. The quantitative estimate of drug-likeness (QED) is 0.856. The van der Waals surface area contributed by atoms with E-state index in [-0.39, 0.29) is 24.7 Å². The van der Waals surface area contributed by atoms with Crippen LogP contribution in [0, 0.1) is 0 Å². The fraction of sp³-hybridized carbons (Fsp3) is 0.125. The van der Waals surface area contributed by atoms with Crippen molar-refractivity contribution < 1.29 is 9.59 Å². The van der Waals surface area contributed by atoms with Gasteiger partial charge in [-0.3, -0.25) is 9.59 Å². The number of benzene rings is 2. The van der Waals surface area contributed by atoms with Gasteiger partial charge >= 0.3 is 0 Å². The molecule has 4 heteroatoms. The summed E-state index contributed by atoms with van der Waals surface area (Å²) in [4.78, 5) is 23.6. The van der Waals surface area contributed by atoms with Gasteiger partial charge in [-0.1, -0.05) is 58.4 Å². The normalized spacial score (nSPS) is 10.1. The first-order valence-electron chi connectivity index (χ1n) is 6.24. The number of hydrogen-bond acceptors (Lipinski definition) is 2. The highest BCUT2D eigenvalue weighted by molar-refractivity contribution is 9.10. The number of Topliss-reactive ketones (excluding diaryl/α,β-unsaturated/α-hetero) is 1. The summed E-state index contributed by atoms with van der Waals surface area (Å²) in [5.41, 5.74) is 1.51. The van der Waals surface area contributed by atoms with Gasteiger partial charge in [-0.15, -0.1) is 0 Å². The minimum Gasteiger partial charge on any atom is -0.348 e. The fourth-order valence-electron chi connectivity index (χ4n) is 1.80. The summed E-state index contributed by atoms with van der Waals surface area (Å²) in [6.45, 7) is 0.0247. The highest BCUT2D eigenvalue weighted by atomic mass is 79.9. The topological polar surface area (TPSA) is 46.2 Å². The van der Waals surface area contributed by atoms with Crippen LogP contribution in [0.25, 0.3) is 0 Å². The number of carbonyl (C=O) groups excluding carboxylic acids is 2. The SMILES string of the molecule is O=C(Cc1cccc(Br)c1)NCC(=O)c1ccccc1. The molecule has 0 spiro atoms. The molecule has 0 fully saturated rings. The van der Waals surface area contributed by atoms with E-state index in [9.17, 15) is 9.59 Å². The Morgan fingerprint density at radius 3 is 2.45 bits per heavy atom. The first-order valence-corrected chi connectivity index (χ1v) is 7.04. The number of ketones is 1. The van der Waals surface area contributed by atoms with Crippen molar-refractivity contribution in [2.24, 2.45) is 0 Å². The van der Waals surface area contributed by atoms with Crippen molar-refractivity contribution >= 4 is 27.6 Å². The summed E-state index contributed by atoms with van der Waals surface area (Å²) >= 11 is 3.36. The van der Waals surface area contributed by atoms with E-state index in [0.29, 0.717) is 5.56 Å². The molecule has 0 heterocycles. The van der Waals surface area contributed by atoms with Crippen molar-refractivity contribution in [3.63, 3.8) is 0 Å². The van der Waals surface area contributed by atoms with E-state index in [1.54, 1.807) is 24.3 Å². The average Bonchev–Trinajstić information content (AvgIpc) is 2.46. The smallest absolute Gasteiger partial charge is 0.224 e. The fourth-order valence-corrected chi connectivity index (χ4v) is 2.25. The Kier molecular flexibility index (Phi) is 5.07. The van der Waals surface area contributed by atoms with Crippen LogP contribution in [0.3, 0.4) is 0 Å². The molecule has 0 atom stereocenters. The largest absolute Gasteiger partial charge is 0.348 e. The summed E-state index contributed by atoms with van der Waals surface area (Å²) in [5.74, 6) is -0.249. The van der Waals surface area contributed by atoms with Gasteiger partial charge in [0.1, 0.15) is 0 Å². The lowest BCUT2D eigenvalue weighted by atomic mass is 10.1. The third-order valence-corrected chi connectivity index (χ3v) is 3.29. The molecule has 0 aliphatic rings. The Morgan fingerprint density at radius 2 is 1.75 bits per heavy atom. The minimum atomic E-state index is -0.160. The van der Waals surface area contributed by atoms with Gasteiger partial charge in [0, 0.05) is 10.0 Å². The van der Waals surface area contributed by atoms with Crippen molar-refractivity contribution in [3.05, 3.63) is 70.2 Å². The van der Waals surface area contributed by atoms with Gasteiger partial charge in [0.25, 0.3) is 0 Å². The Balaban J connectivity index is 1.85. The average molecular weight is 332 g/mol. The second-order valence-electron chi connectivity index (χ2n) is 4.37. The van der Waals surface area contributed by atoms with E-state index in [1.165, 1.54) is 0 Å². The molecule has 0 saturated carbocycles. The molecular formula is C16H14BrNO2. The molecule has 0 aliphatic carbocycles. The summed E-state index contributed by atoms with van der Waals surface area (Å²) in [7, 11) is 0. The Hall–Kier alpha value is -1.94. The zero-order valence-corrected chi connectivity index (χ0v) is 12.4.